The van der Waals surface area contributed by atoms with E-state index in [-0.39, 0.29) is 12.6 Å². The summed E-state index contributed by atoms with van der Waals surface area (Å²) >= 11 is 0. The van der Waals surface area contributed by atoms with Crippen molar-refractivity contribution in [2.24, 2.45) is 0 Å². The van der Waals surface area contributed by atoms with Crippen LogP contribution in [-0.4, -0.2) is 29.4 Å². The first-order valence-corrected chi connectivity index (χ1v) is 15.8. The molecule has 0 aliphatic rings. The number of benzene rings is 3. The maximum Gasteiger partial charge on any atom is 0.453 e. The summed E-state index contributed by atoms with van der Waals surface area (Å²) in [6.07, 6.45) is -4.64. The Bertz CT molecular complexity index is 1280. The number of rotatable bonds is 10. The minimum Gasteiger partial charge on any atom is -0.489 e. The Hall–Kier alpha value is -3.43. The minimum absolute atomic E-state index is 0.0882. The lowest BCUT2D eigenvalue weighted by Crippen LogP contribution is -2.22. The van der Waals surface area contributed by atoms with Crippen molar-refractivity contribution in [2.45, 2.75) is 45.2 Å². The zero-order valence-electron chi connectivity index (χ0n) is 21.1. The van der Waals surface area contributed by atoms with Crippen LogP contribution in [0.3, 0.4) is 0 Å². The first kappa shape index (κ1) is 26.6. The molecule has 0 radical (unpaired) electrons. The molecule has 0 saturated heterocycles. The van der Waals surface area contributed by atoms with E-state index in [0.717, 1.165) is 28.5 Å². The molecule has 9 heteroatoms. The summed E-state index contributed by atoms with van der Waals surface area (Å²) in [5.41, 5.74) is 3.51. The lowest BCUT2D eigenvalue weighted by Gasteiger charge is -2.26. The van der Waals surface area contributed by atoms with Crippen molar-refractivity contribution >= 4 is 8.07 Å². The number of alkyl halides is 3. The molecule has 3 aromatic carbocycles. The first-order chi connectivity index (χ1) is 17.6. The Labute approximate surface area is 215 Å². The molecule has 0 bridgehead atoms. The molecule has 0 fully saturated rings. The van der Waals surface area contributed by atoms with Crippen LogP contribution < -0.4 is 4.74 Å². The van der Waals surface area contributed by atoms with Crippen molar-refractivity contribution in [2.75, 3.05) is 6.61 Å². The number of aromatic nitrogens is 3. The van der Waals surface area contributed by atoms with E-state index in [1.165, 1.54) is 4.68 Å². The highest BCUT2D eigenvalue weighted by molar-refractivity contribution is 6.76. The van der Waals surface area contributed by atoms with Crippen LogP contribution in [0.25, 0.3) is 22.5 Å². The zero-order valence-corrected chi connectivity index (χ0v) is 22.1. The Kier molecular flexibility index (Phi) is 8.14. The molecule has 0 aliphatic heterocycles. The molecule has 0 N–H and O–H groups in total. The van der Waals surface area contributed by atoms with Crippen molar-refractivity contribution in [1.82, 2.24) is 14.8 Å². The van der Waals surface area contributed by atoms with Gasteiger partial charge in [0.2, 0.25) is 0 Å². The van der Waals surface area contributed by atoms with Gasteiger partial charge in [0.05, 0.1) is 0 Å². The van der Waals surface area contributed by atoms with Crippen LogP contribution >= 0.6 is 0 Å². The summed E-state index contributed by atoms with van der Waals surface area (Å²) in [6.45, 7) is 7.51. The fourth-order valence-corrected chi connectivity index (χ4v) is 4.35. The van der Waals surface area contributed by atoms with E-state index >= 15 is 0 Å². The predicted octanol–water partition coefficient (Wildman–Crippen LogP) is 7.52. The van der Waals surface area contributed by atoms with Crippen molar-refractivity contribution in [3.63, 3.8) is 0 Å². The van der Waals surface area contributed by atoms with E-state index in [2.05, 4.69) is 29.7 Å². The van der Waals surface area contributed by atoms with Gasteiger partial charge in [-0.1, -0.05) is 66.7 Å². The van der Waals surface area contributed by atoms with Crippen LogP contribution in [0.5, 0.6) is 5.75 Å². The quantitative estimate of drug-likeness (QED) is 0.159. The second-order valence-electron chi connectivity index (χ2n) is 9.98. The zero-order chi connectivity index (χ0) is 26.5. The molecule has 1 aromatic heterocycles. The van der Waals surface area contributed by atoms with Gasteiger partial charge < -0.3 is 9.47 Å². The normalized spacial score (nSPS) is 12.1. The number of halogens is 3. The molecule has 0 unspecified atom stereocenters. The molecule has 195 valence electrons. The molecule has 0 saturated carbocycles. The van der Waals surface area contributed by atoms with Gasteiger partial charge in [-0.05, 0) is 28.8 Å². The van der Waals surface area contributed by atoms with Gasteiger partial charge in [0.15, 0.2) is 5.82 Å². The van der Waals surface area contributed by atoms with Gasteiger partial charge in [-0.25, -0.2) is 9.67 Å². The van der Waals surface area contributed by atoms with E-state index in [4.69, 9.17) is 9.47 Å². The molecule has 4 rings (SSSR count). The topological polar surface area (TPSA) is 49.2 Å². The second kappa shape index (κ2) is 11.3. The highest BCUT2D eigenvalue weighted by atomic mass is 28.3. The number of nitrogens with zero attached hydrogens (tertiary/aromatic N) is 3. The average Bonchev–Trinajstić information content (AvgIpc) is 3.31. The molecular weight excluding hydrogens is 495 g/mol. The Morgan fingerprint density at radius 1 is 0.811 bits per heavy atom. The highest BCUT2D eigenvalue weighted by Gasteiger charge is 2.37. The van der Waals surface area contributed by atoms with Gasteiger partial charge in [-0.2, -0.15) is 32.8 Å². The first-order valence-electron chi connectivity index (χ1n) is 12.1. The van der Waals surface area contributed by atoms with E-state index < -0.39 is 20.1 Å². The van der Waals surface area contributed by atoms with Gasteiger partial charge in [0, 0.05) is 12.2 Å². The second-order valence-corrected chi connectivity index (χ2v) is 15.6. The predicted molar refractivity (Wildman–Crippen MR) is 141 cm³/mol. The summed E-state index contributed by atoms with van der Waals surface area (Å²) in [4.78, 5) is 3.78. The van der Waals surface area contributed by atoms with Gasteiger partial charge >= 0.3 is 6.18 Å². The molecule has 0 amide bonds. The fourth-order valence-electron chi connectivity index (χ4n) is 3.59. The average molecular weight is 526 g/mol. The largest absolute Gasteiger partial charge is 0.489 e. The third-order valence-electron chi connectivity index (χ3n) is 5.71. The lowest BCUT2D eigenvalue weighted by molar-refractivity contribution is -0.145. The van der Waals surface area contributed by atoms with E-state index in [0.29, 0.717) is 18.8 Å². The third-order valence-corrected chi connectivity index (χ3v) is 7.42. The van der Waals surface area contributed by atoms with Crippen molar-refractivity contribution in [3.05, 3.63) is 90.3 Å². The van der Waals surface area contributed by atoms with Crippen LogP contribution in [0, 0.1) is 0 Å². The maximum atomic E-state index is 13.3. The fraction of sp³-hybridized carbons (Fsp3) is 0.286. The summed E-state index contributed by atoms with van der Waals surface area (Å²) in [6, 6.07) is 25.7. The molecular formula is C28H30F3N3O2Si-. The van der Waals surface area contributed by atoms with Crippen LogP contribution in [0.15, 0.2) is 78.9 Å². The van der Waals surface area contributed by atoms with Crippen LogP contribution in [0.4, 0.5) is 13.2 Å². The number of ether oxygens (including phenoxy) is 2. The molecule has 5 nitrogen and oxygen atoms in total. The Balaban J connectivity index is 1.46. The van der Waals surface area contributed by atoms with Crippen molar-refractivity contribution < 1.29 is 22.6 Å². The minimum atomic E-state index is -4.64. The van der Waals surface area contributed by atoms with Crippen molar-refractivity contribution in [1.29, 1.82) is 0 Å². The standard InChI is InChI=1S/C28H30F3N3O2Si/c1-37(2,3)18-17-35-20-34-26(32-27(33-34)28(29,30)31)24-11-9-22(10-12-24)23-13-15-25(16-14-23)36-19-21-7-5-4-6-8-21/h4-16H,17-20H2,1-3H3/q-1. The SMILES string of the molecule is C[Si-](C)(C)CCOCn1nc(C(F)(F)F)nc1-c1ccc(-c2ccc(OCc3ccccc3)cc2)cc1. The Morgan fingerprint density at radius 3 is 2.00 bits per heavy atom. The molecule has 37 heavy (non-hydrogen) atoms. The summed E-state index contributed by atoms with van der Waals surface area (Å²) in [5, 5.41) is 3.67. The summed E-state index contributed by atoms with van der Waals surface area (Å²) < 4.78 is 52.7. The van der Waals surface area contributed by atoms with Crippen LogP contribution in [0.2, 0.25) is 25.7 Å². The third kappa shape index (κ3) is 7.53. The van der Waals surface area contributed by atoms with E-state index in [9.17, 15) is 13.2 Å². The van der Waals surface area contributed by atoms with Crippen LogP contribution in [-0.2, 0) is 24.3 Å². The molecule has 1 heterocycles. The number of hydrogen-bond donors (Lipinski definition) is 0. The van der Waals surface area contributed by atoms with Crippen LogP contribution in [0.1, 0.15) is 11.4 Å². The molecule has 0 spiro atoms. The number of hydrogen-bond acceptors (Lipinski definition) is 4. The molecule has 4 aromatic rings. The van der Waals surface area contributed by atoms with E-state index in [1.807, 2.05) is 66.7 Å². The van der Waals surface area contributed by atoms with Gasteiger partial charge in [-0.15, -0.1) is 19.2 Å². The maximum absolute atomic E-state index is 13.3. The molecule has 0 aliphatic carbocycles. The van der Waals surface area contributed by atoms with Gasteiger partial charge in [0.25, 0.3) is 5.82 Å². The Morgan fingerprint density at radius 2 is 1.41 bits per heavy atom. The van der Waals surface area contributed by atoms with E-state index in [1.54, 1.807) is 12.1 Å². The van der Waals surface area contributed by atoms with Gasteiger partial charge in [0.1, 0.15) is 19.1 Å². The smallest absolute Gasteiger partial charge is 0.453 e. The molecule has 0 atom stereocenters. The highest BCUT2D eigenvalue weighted by Crippen LogP contribution is 2.30. The monoisotopic (exact) mass is 525 g/mol. The summed E-state index contributed by atoms with van der Waals surface area (Å²) in [5.74, 6) is -0.297. The summed E-state index contributed by atoms with van der Waals surface area (Å²) in [7, 11) is -1.32. The van der Waals surface area contributed by atoms with Gasteiger partial charge in [-0.3, -0.25) is 0 Å². The van der Waals surface area contributed by atoms with Crippen molar-refractivity contribution in [3.8, 4) is 28.3 Å². The lowest BCUT2D eigenvalue weighted by atomic mass is 10.0.